The van der Waals surface area contributed by atoms with Gasteiger partial charge in [-0.2, -0.15) is 0 Å². The number of aliphatic hydroxyl groups excluding tert-OH is 1. The molecule has 0 aliphatic heterocycles. The number of aliphatic hydroxyl groups is 1. The molecule has 1 aliphatic carbocycles. The average molecular weight is 413 g/mol. The lowest BCUT2D eigenvalue weighted by molar-refractivity contribution is -0.108. The Balaban J connectivity index is 2.14. The summed E-state index contributed by atoms with van der Waals surface area (Å²) in [5.41, 5.74) is 8.63. The quantitative estimate of drug-likeness (QED) is 0.0847. The summed E-state index contributed by atoms with van der Waals surface area (Å²) in [4.78, 5) is 19.0. The largest absolute Gasteiger partial charge is 0.511 e. The van der Waals surface area contributed by atoms with Crippen LogP contribution in [0.15, 0.2) is 39.6 Å². The van der Waals surface area contributed by atoms with Crippen molar-refractivity contribution in [3.05, 3.63) is 40.8 Å². The number of nitrogens with one attached hydrogen (secondary N) is 2. The van der Waals surface area contributed by atoms with Gasteiger partial charge in [-0.1, -0.05) is 11.8 Å². The number of hydrogen-bond acceptors (Lipinski definition) is 6. The van der Waals surface area contributed by atoms with Gasteiger partial charge in [0, 0.05) is 54.5 Å². The molecule has 2 rings (SSSR count). The zero-order valence-electron chi connectivity index (χ0n) is 17.1. The van der Waals surface area contributed by atoms with Gasteiger partial charge in [-0.3, -0.25) is 9.79 Å². The van der Waals surface area contributed by atoms with Gasteiger partial charge in [-0.15, -0.1) is 0 Å². The SMILES string of the molecule is C/C(O)=C(\N=CNC=O)C(CN=Cc1cc(C#CC2CC2)ccc1N)CNCCF. The number of nitrogen functional groups attached to an aromatic ring is 1. The number of hydrogen-bond donors (Lipinski definition) is 4. The third-order valence-electron chi connectivity index (χ3n) is 4.41. The molecule has 1 aromatic carbocycles. The number of aliphatic imine (C=N–C) groups is 2. The molecule has 0 saturated heterocycles. The van der Waals surface area contributed by atoms with Crippen LogP contribution >= 0.6 is 0 Å². The molecule has 1 aromatic rings. The molecule has 0 spiro atoms. The summed E-state index contributed by atoms with van der Waals surface area (Å²) >= 11 is 0. The Hall–Kier alpha value is -3.18. The molecule has 1 amide bonds. The van der Waals surface area contributed by atoms with E-state index in [-0.39, 0.29) is 24.8 Å². The molecule has 1 aliphatic rings. The number of amides is 1. The summed E-state index contributed by atoms with van der Waals surface area (Å²) in [7, 11) is 0. The summed E-state index contributed by atoms with van der Waals surface area (Å²) in [6.07, 6.45) is 5.66. The number of nitrogens with two attached hydrogens (primary N) is 1. The van der Waals surface area contributed by atoms with Crippen LogP contribution < -0.4 is 16.4 Å². The first-order valence-electron chi connectivity index (χ1n) is 9.84. The van der Waals surface area contributed by atoms with Gasteiger partial charge in [-0.05, 0) is 38.0 Å². The Morgan fingerprint density at radius 2 is 2.27 bits per heavy atom. The molecule has 0 aromatic heterocycles. The number of nitrogens with zero attached hydrogens (tertiary/aromatic N) is 2. The summed E-state index contributed by atoms with van der Waals surface area (Å²) in [6, 6.07) is 5.58. The Morgan fingerprint density at radius 3 is 2.93 bits per heavy atom. The van der Waals surface area contributed by atoms with Gasteiger partial charge >= 0.3 is 0 Å². The number of halogens is 1. The molecule has 0 bridgehead atoms. The molecule has 1 fully saturated rings. The summed E-state index contributed by atoms with van der Waals surface area (Å²) < 4.78 is 12.5. The second-order valence-corrected chi connectivity index (χ2v) is 6.98. The maximum Gasteiger partial charge on any atom is 0.212 e. The van der Waals surface area contributed by atoms with Gasteiger partial charge in [0.15, 0.2) is 0 Å². The predicted molar refractivity (Wildman–Crippen MR) is 118 cm³/mol. The minimum Gasteiger partial charge on any atom is -0.511 e. The predicted octanol–water partition coefficient (Wildman–Crippen LogP) is 2.19. The number of carbonyl (C=O) groups is 1. The molecule has 1 saturated carbocycles. The minimum absolute atomic E-state index is 0.00180. The highest BCUT2D eigenvalue weighted by Crippen LogP contribution is 2.27. The van der Waals surface area contributed by atoms with Crippen LogP contribution in [-0.4, -0.2) is 50.4 Å². The van der Waals surface area contributed by atoms with Crippen LogP contribution in [-0.2, 0) is 4.79 Å². The van der Waals surface area contributed by atoms with E-state index in [0.717, 1.165) is 11.1 Å². The van der Waals surface area contributed by atoms with E-state index in [4.69, 9.17) is 5.73 Å². The Labute approximate surface area is 176 Å². The van der Waals surface area contributed by atoms with E-state index in [1.807, 2.05) is 12.1 Å². The number of anilines is 1. The van der Waals surface area contributed by atoms with Gasteiger partial charge in [0.25, 0.3) is 0 Å². The zero-order chi connectivity index (χ0) is 21.8. The first-order chi connectivity index (χ1) is 14.5. The highest BCUT2D eigenvalue weighted by atomic mass is 19.1. The minimum atomic E-state index is -0.506. The standard InChI is InChI=1S/C22H28FN5O2/c1-16(30)22(28-14-27-15-29)20(12-25-9-8-23)13-26-11-19-10-18(6-7-21(19)24)5-4-17-2-3-17/h6-7,10-11,14-15,17,20,25,30H,2-3,8-9,12-13,24H2,1H3,(H,27,28,29)/b22-16+,26-11?. The molecule has 5 N–H and O–H groups in total. The molecule has 1 atom stereocenters. The van der Waals surface area contributed by atoms with Crippen LogP contribution in [0.2, 0.25) is 0 Å². The van der Waals surface area contributed by atoms with Crippen LogP contribution in [0.3, 0.4) is 0 Å². The van der Waals surface area contributed by atoms with Crippen molar-refractivity contribution in [1.29, 1.82) is 0 Å². The molecular weight excluding hydrogens is 385 g/mol. The number of rotatable bonds is 11. The lowest BCUT2D eigenvalue weighted by Crippen LogP contribution is -2.28. The number of benzene rings is 1. The third-order valence-corrected chi connectivity index (χ3v) is 4.41. The number of carbonyl (C=O) groups excluding carboxylic acids is 1. The second kappa shape index (κ2) is 12.4. The highest BCUT2D eigenvalue weighted by molar-refractivity contribution is 5.87. The highest BCUT2D eigenvalue weighted by Gasteiger charge is 2.18. The Morgan fingerprint density at radius 1 is 1.47 bits per heavy atom. The van der Waals surface area contributed by atoms with Crippen LogP contribution in [0.1, 0.15) is 30.9 Å². The lowest BCUT2D eigenvalue weighted by atomic mass is 10.0. The lowest BCUT2D eigenvalue weighted by Gasteiger charge is -2.17. The summed E-state index contributed by atoms with van der Waals surface area (Å²) in [5, 5.41) is 15.3. The molecule has 30 heavy (non-hydrogen) atoms. The van der Waals surface area contributed by atoms with Crippen LogP contribution in [0.25, 0.3) is 0 Å². The van der Waals surface area contributed by atoms with E-state index in [1.165, 1.54) is 26.1 Å². The first-order valence-corrected chi connectivity index (χ1v) is 9.84. The average Bonchev–Trinajstić information content (AvgIpc) is 3.55. The number of allylic oxidation sites excluding steroid dienone is 1. The van der Waals surface area contributed by atoms with Crippen molar-refractivity contribution in [2.45, 2.75) is 19.8 Å². The van der Waals surface area contributed by atoms with Crippen molar-refractivity contribution in [2.75, 3.05) is 32.0 Å². The van der Waals surface area contributed by atoms with Gasteiger partial charge in [0.2, 0.25) is 6.41 Å². The van der Waals surface area contributed by atoms with E-state index < -0.39 is 6.67 Å². The molecule has 0 radical (unpaired) electrons. The van der Waals surface area contributed by atoms with Crippen molar-refractivity contribution in [3.8, 4) is 11.8 Å². The molecule has 8 heteroatoms. The van der Waals surface area contributed by atoms with Gasteiger partial charge in [0.05, 0.1) is 12.0 Å². The van der Waals surface area contributed by atoms with Crippen LogP contribution in [0.4, 0.5) is 10.1 Å². The monoisotopic (exact) mass is 413 g/mol. The van der Waals surface area contributed by atoms with Crippen molar-refractivity contribution < 1.29 is 14.3 Å². The normalized spacial score (nSPS) is 15.5. The second-order valence-electron chi connectivity index (χ2n) is 6.98. The van der Waals surface area contributed by atoms with E-state index in [9.17, 15) is 14.3 Å². The van der Waals surface area contributed by atoms with Crippen LogP contribution in [0, 0.1) is 23.7 Å². The molecular formula is C22H28FN5O2. The summed E-state index contributed by atoms with van der Waals surface area (Å²) in [6.45, 7) is 1.81. The third kappa shape index (κ3) is 8.05. The maximum absolute atomic E-state index is 12.5. The maximum atomic E-state index is 12.5. The molecule has 1 unspecified atom stereocenters. The topological polar surface area (TPSA) is 112 Å². The molecule has 160 valence electrons. The zero-order valence-corrected chi connectivity index (χ0v) is 17.1. The van der Waals surface area contributed by atoms with E-state index in [2.05, 4.69) is 32.5 Å². The Bertz CT molecular complexity index is 862. The first kappa shape index (κ1) is 23.1. The van der Waals surface area contributed by atoms with Crippen molar-refractivity contribution in [3.63, 3.8) is 0 Å². The number of alkyl halides is 1. The summed E-state index contributed by atoms with van der Waals surface area (Å²) in [5.74, 6) is 6.56. The van der Waals surface area contributed by atoms with E-state index in [0.29, 0.717) is 30.3 Å². The van der Waals surface area contributed by atoms with Gasteiger partial charge in [-0.25, -0.2) is 9.38 Å². The Kier molecular flexibility index (Phi) is 9.55. The van der Waals surface area contributed by atoms with Crippen molar-refractivity contribution in [2.24, 2.45) is 21.8 Å². The van der Waals surface area contributed by atoms with E-state index in [1.54, 1.807) is 12.3 Å². The van der Waals surface area contributed by atoms with Gasteiger partial charge < -0.3 is 21.5 Å². The van der Waals surface area contributed by atoms with E-state index >= 15 is 0 Å². The van der Waals surface area contributed by atoms with Crippen molar-refractivity contribution >= 4 is 24.7 Å². The molecule has 0 heterocycles. The fourth-order valence-corrected chi connectivity index (χ4v) is 2.68. The van der Waals surface area contributed by atoms with Crippen LogP contribution in [0.5, 0.6) is 0 Å². The fraction of sp³-hybridized carbons (Fsp3) is 0.409. The smallest absolute Gasteiger partial charge is 0.212 e. The fourth-order valence-electron chi connectivity index (χ4n) is 2.68. The molecule has 7 nitrogen and oxygen atoms in total. The van der Waals surface area contributed by atoms with Gasteiger partial charge in [0.1, 0.15) is 12.4 Å². The van der Waals surface area contributed by atoms with Crippen molar-refractivity contribution in [1.82, 2.24) is 10.6 Å².